The minimum atomic E-state index is 0.704. The highest BCUT2D eigenvalue weighted by atomic mass is 32.1. The van der Waals surface area contributed by atoms with E-state index in [0.717, 1.165) is 11.8 Å². The smallest absolute Gasteiger partial charge is 0.0449 e. The normalized spacial score (nSPS) is 38.2. The van der Waals surface area contributed by atoms with Crippen molar-refractivity contribution in [2.75, 3.05) is 6.54 Å². The molecule has 3 rings (SSSR count). The molecule has 1 aromatic rings. The predicted molar refractivity (Wildman–Crippen MR) is 51.4 cm³/mol. The number of hydrogen-bond acceptors (Lipinski definition) is 2. The highest BCUT2D eigenvalue weighted by Crippen LogP contribution is 2.52. The van der Waals surface area contributed by atoms with Crippen LogP contribution in [0.2, 0.25) is 0 Å². The van der Waals surface area contributed by atoms with Gasteiger partial charge >= 0.3 is 0 Å². The number of fused-ring (bicyclic) bond motifs is 1. The second kappa shape index (κ2) is 2.33. The summed E-state index contributed by atoms with van der Waals surface area (Å²) in [4.78, 5) is 1.58. The molecular formula is C10H13NS. The molecule has 3 unspecified atom stereocenters. The van der Waals surface area contributed by atoms with Gasteiger partial charge in [0.2, 0.25) is 0 Å². The average Bonchev–Trinajstić information content (AvgIpc) is 2.51. The third-order valence-electron chi connectivity index (χ3n) is 3.19. The summed E-state index contributed by atoms with van der Waals surface area (Å²) >= 11 is 1.91. The van der Waals surface area contributed by atoms with Crippen LogP contribution in [0.1, 0.15) is 22.9 Å². The summed E-state index contributed by atoms with van der Waals surface area (Å²) in [6.07, 6.45) is 1.47. The third-order valence-corrected chi connectivity index (χ3v) is 4.29. The van der Waals surface area contributed by atoms with Gasteiger partial charge in [-0.2, -0.15) is 0 Å². The quantitative estimate of drug-likeness (QED) is 0.697. The van der Waals surface area contributed by atoms with Gasteiger partial charge in [-0.15, -0.1) is 11.3 Å². The van der Waals surface area contributed by atoms with Crippen LogP contribution < -0.4 is 5.32 Å². The Morgan fingerprint density at radius 3 is 3.00 bits per heavy atom. The molecule has 2 heteroatoms. The van der Waals surface area contributed by atoms with Gasteiger partial charge in [0.25, 0.3) is 0 Å². The molecule has 1 nitrogen and oxygen atoms in total. The molecule has 1 aliphatic heterocycles. The molecule has 3 atom stereocenters. The number of aryl methyl sites for hydroxylation is 1. The molecule has 12 heavy (non-hydrogen) atoms. The van der Waals surface area contributed by atoms with Gasteiger partial charge in [-0.25, -0.2) is 0 Å². The van der Waals surface area contributed by atoms with E-state index >= 15 is 0 Å². The van der Waals surface area contributed by atoms with Crippen LogP contribution in [0.5, 0.6) is 0 Å². The van der Waals surface area contributed by atoms with E-state index in [4.69, 9.17) is 0 Å². The van der Waals surface area contributed by atoms with Crippen molar-refractivity contribution in [2.24, 2.45) is 11.8 Å². The fourth-order valence-corrected chi connectivity index (χ4v) is 3.41. The first-order chi connectivity index (χ1) is 5.86. The highest BCUT2D eigenvalue weighted by molar-refractivity contribution is 7.10. The predicted octanol–water partition coefficient (Wildman–Crippen LogP) is 2.34. The number of nitrogens with one attached hydrogen (secondary N) is 1. The van der Waals surface area contributed by atoms with Crippen LogP contribution in [0.3, 0.4) is 0 Å². The van der Waals surface area contributed by atoms with E-state index in [1.165, 1.54) is 18.5 Å². The maximum Gasteiger partial charge on any atom is 0.0449 e. The van der Waals surface area contributed by atoms with E-state index in [9.17, 15) is 0 Å². The lowest BCUT2D eigenvalue weighted by Crippen LogP contribution is -2.17. The summed E-state index contributed by atoms with van der Waals surface area (Å²) in [6.45, 7) is 3.48. The monoisotopic (exact) mass is 179 g/mol. The zero-order valence-electron chi connectivity index (χ0n) is 7.21. The molecule has 0 amide bonds. The van der Waals surface area contributed by atoms with Crippen molar-refractivity contribution in [3.05, 3.63) is 21.9 Å². The van der Waals surface area contributed by atoms with Crippen LogP contribution in [0.25, 0.3) is 0 Å². The summed E-state index contributed by atoms with van der Waals surface area (Å²) in [5, 5.41) is 5.82. The van der Waals surface area contributed by atoms with Crippen molar-refractivity contribution in [1.29, 1.82) is 0 Å². The van der Waals surface area contributed by atoms with Gasteiger partial charge in [0.05, 0.1) is 0 Å². The fourth-order valence-electron chi connectivity index (χ4n) is 2.33. The molecular weight excluding hydrogens is 166 g/mol. The minimum absolute atomic E-state index is 0.704. The van der Waals surface area contributed by atoms with Crippen molar-refractivity contribution < 1.29 is 0 Å². The van der Waals surface area contributed by atoms with Gasteiger partial charge in [-0.3, -0.25) is 0 Å². The summed E-state index contributed by atoms with van der Waals surface area (Å²) in [6, 6.07) is 2.94. The number of piperidine rings is 1. The number of hydrogen-bond donors (Lipinski definition) is 1. The summed E-state index contributed by atoms with van der Waals surface area (Å²) in [7, 11) is 0. The van der Waals surface area contributed by atoms with Gasteiger partial charge in [0.15, 0.2) is 0 Å². The summed E-state index contributed by atoms with van der Waals surface area (Å²) in [5.74, 6) is 1.99. The maximum absolute atomic E-state index is 3.61. The average molecular weight is 179 g/mol. The van der Waals surface area contributed by atoms with Crippen molar-refractivity contribution in [1.82, 2.24) is 5.32 Å². The highest BCUT2D eigenvalue weighted by Gasteiger charge is 2.49. The molecule has 1 N–H and O–H groups in total. The Morgan fingerprint density at radius 1 is 1.58 bits per heavy atom. The van der Waals surface area contributed by atoms with Crippen molar-refractivity contribution in [3.63, 3.8) is 0 Å². The lowest BCUT2D eigenvalue weighted by molar-refractivity contribution is 0.570. The van der Waals surface area contributed by atoms with E-state index in [1.807, 2.05) is 11.3 Å². The zero-order chi connectivity index (χ0) is 8.13. The van der Waals surface area contributed by atoms with E-state index in [-0.39, 0.29) is 0 Å². The SMILES string of the molecule is Cc1ccsc1C1NCC2CC21. The molecule has 1 aliphatic carbocycles. The van der Waals surface area contributed by atoms with Gasteiger partial charge in [-0.05, 0) is 48.7 Å². The molecule has 2 heterocycles. The molecule has 64 valence electrons. The van der Waals surface area contributed by atoms with Crippen LogP contribution in [-0.4, -0.2) is 6.54 Å². The molecule has 1 saturated heterocycles. The largest absolute Gasteiger partial charge is 0.309 e. The Bertz CT molecular complexity index is 305. The van der Waals surface area contributed by atoms with Gasteiger partial charge in [-0.1, -0.05) is 0 Å². The Hall–Kier alpha value is -0.340. The summed E-state index contributed by atoms with van der Waals surface area (Å²) < 4.78 is 0. The van der Waals surface area contributed by atoms with E-state index in [0.29, 0.717) is 6.04 Å². The second-order valence-corrected chi connectivity index (χ2v) is 4.96. The Morgan fingerprint density at radius 2 is 2.50 bits per heavy atom. The first-order valence-electron chi connectivity index (χ1n) is 4.63. The lowest BCUT2D eigenvalue weighted by atomic mass is 10.1. The second-order valence-electron chi connectivity index (χ2n) is 4.01. The Balaban J connectivity index is 1.93. The van der Waals surface area contributed by atoms with Crippen molar-refractivity contribution in [2.45, 2.75) is 19.4 Å². The van der Waals surface area contributed by atoms with Crippen LogP contribution in [0.15, 0.2) is 11.4 Å². The van der Waals surface area contributed by atoms with Crippen molar-refractivity contribution >= 4 is 11.3 Å². The van der Waals surface area contributed by atoms with Crippen LogP contribution in [0, 0.1) is 18.8 Å². The first kappa shape index (κ1) is 7.10. The Labute approximate surface area is 76.8 Å². The third kappa shape index (κ3) is 0.882. The minimum Gasteiger partial charge on any atom is -0.309 e. The molecule has 2 fully saturated rings. The maximum atomic E-state index is 3.61. The molecule has 2 aliphatic rings. The number of rotatable bonds is 1. The molecule has 1 saturated carbocycles. The Kier molecular flexibility index (Phi) is 1.38. The zero-order valence-corrected chi connectivity index (χ0v) is 8.03. The standard InChI is InChI=1S/C10H13NS/c1-6-2-3-12-10(6)9-8-4-7(8)5-11-9/h2-3,7-9,11H,4-5H2,1H3. The van der Waals surface area contributed by atoms with Gasteiger partial charge in [0.1, 0.15) is 0 Å². The topological polar surface area (TPSA) is 12.0 Å². The van der Waals surface area contributed by atoms with Crippen LogP contribution in [-0.2, 0) is 0 Å². The first-order valence-corrected chi connectivity index (χ1v) is 5.51. The summed E-state index contributed by atoms with van der Waals surface area (Å²) in [5.41, 5.74) is 1.48. The molecule has 0 radical (unpaired) electrons. The van der Waals surface area contributed by atoms with Crippen LogP contribution in [0.4, 0.5) is 0 Å². The van der Waals surface area contributed by atoms with Gasteiger partial charge < -0.3 is 5.32 Å². The lowest BCUT2D eigenvalue weighted by Gasteiger charge is -2.11. The van der Waals surface area contributed by atoms with Gasteiger partial charge in [0, 0.05) is 10.9 Å². The van der Waals surface area contributed by atoms with E-state index in [2.05, 4.69) is 23.7 Å². The van der Waals surface area contributed by atoms with Crippen LogP contribution >= 0.6 is 11.3 Å². The van der Waals surface area contributed by atoms with E-state index in [1.54, 1.807) is 4.88 Å². The molecule has 1 aromatic heterocycles. The molecule has 0 aromatic carbocycles. The molecule has 0 spiro atoms. The fraction of sp³-hybridized carbons (Fsp3) is 0.600. The number of thiophene rings is 1. The molecule has 0 bridgehead atoms. The van der Waals surface area contributed by atoms with Crippen molar-refractivity contribution in [3.8, 4) is 0 Å². The van der Waals surface area contributed by atoms with E-state index < -0.39 is 0 Å².